The van der Waals surface area contributed by atoms with Gasteiger partial charge in [0.2, 0.25) is 0 Å². The molecule has 17 heavy (non-hydrogen) atoms. The quantitative estimate of drug-likeness (QED) is 0.709. The minimum Gasteiger partial charge on any atom is -0.165 e. The molecule has 2 aromatic rings. The van der Waals surface area contributed by atoms with Crippen molar-refractivity contribution in [1.29, 1.82) is 0 Å². The predicted molar refractivity (Wildman–Crippen MR) is 64.1 cm³/mol. The van der Waals surface area contributed by atoms with Crippen LogP contribution in [-0.2, 0) is 12.6 Å². The van der Waals surface area contributed by atoms with Crippen LogP contribution in [0.5, 0.6) is 0 Å². The number of rotatable bonds is 2. The summed E-state index contributed by atoms with van der Waals surface area (Å²) in [6.45, 7) is 1.86. The lowest BCUT2D eigenvalue weighted by Crippen LogP contribution is -2.03. The molecule has 0 bridgehead atoms. The molecular weight excluding hydrogens is 245 g/mol. The molecule has 0 atom stereocenters. The van der Waals surface area contributed by atoms with E-state index in [0.29, 0.717) is 17.5 Å². The molecule has 1 heterocycles. The molecular formula is C13H11F3S. The lowest BCUT2D eigenvalue weighted by atomic mass is 10.1. The Bertz CT molecular complexity index is 497. The molecule has 0 fully saturated rings. The first-order valence-electron chi connectivity index (χ1n) is 5.27. The van der Waals surface area contributed by atoms with Gasteiger partial charge in [-0.25, -0.2) is 0 Å². The maximum absolute atomic E-state index is 12.9. The molecule has 0 saturated carbocycles. The number of hydrogen-bond donors (Lipinski definition) is 0. The summed E-state index contributed by atoms with van der Waals surface area (Å²) in [4.78, 5) is 0.261. The topological polar surface area (TPSA) is 0 Å². The smallest absolute Gasteiger partial charge is 0.165 e. The number of benzene rings is 1. The second-order valence-electron chi connectivity index (χ2n) is 3.67. The van der Waals surface area contributed by atoms with Crippen molar-refractivity contribution in [3.05, 3.63) is 46.2 Å². The summed E-state index contributed by atoms with van der Waals surface area (Å²) in [6.07, 6.45) is -3.65. The summed E-state index contributed by atoms with van der Waals surface area (Å²) in [5.74, 6) is 0. The number of thiophene rings is 1. The third-order valence-electron chi connectivity index (χ3n) is 2.47. The standard InChI is InChI=1S/C13H11F3S/c1-2-10-8-11(9-6-4-3-5-7-9)12(17-10)13(14,15)16/h3-8H,2H2,1H3. The zero-order chi connectivity index (χ0) is 12.5. The van der Waals surface area contributed by atoms with Crippen molar-refractivity contribution in [3.63, 3.8) is 0 Å². The predicted octanol–water partition coefficient (Wildman–Crippen LogP) is 5.00. The van der Waals surface area contributed by atoms with Gasteiger partial charge < -0.3 is 0 Å². The van der Waals surface area contributed by atoms with Crippen LogP contribution < -0.4 is 0 Å². The molecule has 0 saturated heterocycles. The second kappa shape index (κ2) is 4.53. The van der Waals surface area contributed by atoms with Crippen LogP contribution in [0.25, 0.3) is 11.1 Å². The molecule has 0 nitrogen and oxygen atoms in total. The average molecular weight is 256 g/mol. The molecule has 0 aliphatic heterocycles. The molecule has 4 heteroatoms. The van der Waals surface area contributed by atoms with Crippen LogP contribution in [0.4, 0.5) is 13.2 Å². The second-order valence-corrected chi connectivity index (χ2v) is 4.81. The van der Waals surface area contributed by atoms with Gasteiger partial charge in [-0.3, -0.25) is 0 Å². The Morgan fingerprint density at radius 2 is 1.76 bits per heavy atom. The van der Waals surface area contributed by atoms with Crippen LogP contribution >= 0.6 is 11.3 Å². The highest BCUT2D eigenvalue weighted by Gasteiger charge is 2.36. The van der Waals surface area contributed by atoms with Crippen LogP contribution in [0.3, 0.4) is 0 Å². The molecule has 1 aromatic carbocycles. The summed E-state index contributed by atoms with van der Waals surface area (Å²) in [5, 5.41) is 0. The van der Waals surface area contributed by atoms with E-state index in [0.717, 1.165) is 16.2 Å². The van der Waals surface area contributed by atoms with E-state index in [-0.39, 0.29) is 0 Å². The van der Waals surface area contributed by atoms with E-state index < -0.39 is 11.1 Å². The Balaban J connectivity index is 2.57. The van der Waals surface area contributed by atoms with Gasteiger partial charge in [-0.05, 0) is 18.1 Å². The zero-order valence-electron chi connectivity index (χ0n) is 9.21. The fourth-order valence-corrected chi connectivity index (χ4v) is 2.64. The molecule has 0 N–H and O–H groups in total. The van der Waals surface area contributed by atoms with Crippen molar-refractivity contribution >= 4 is 11.3 Å². The third kappa shape index (κ3) is 2.52. The first-order valence-corrected chi connectivity index (χ1v) is 6.09. The maximum atomic E-state index is 12.9. The van der Waals surface area contributed by atoms with E-state index in [9.17, 15) is 13.2 Å². The van der Waals surface area contributed by atoms with Crippen molar-refractivity contribution in [1.82, 2.24) is 0 Å². The molecule has 90 valence electrons. The first-order chi connectivity index (χ1) is 8.02. The highest BCUT2D eigenvalue weighted by atomic mass is 32.1. The average Bonchev–Trinajstić information content (AvgIpc) is 2.74. The first kappa shape index (κ1) is 12.2. The van der Waals surface area contributed by atoms with Crippen molar-refractivity contribution in [2.45, 2.75) is 19.5 Å². The number of hydrogen-bond acceptors (Lipinski definition) is 1. The van der Waals surface area contributed by atoms with Crippen molar-refractivity contribution in [2.75, 3.05) is 0 Å². The van der Waals surface area contributed by atoms with Gasteiger partial charge in [-0.15, -0.1) is 11.3 Å². The molecule has 1 aromatic heterocycles. The fraction of sp³-hybridized carbons (Fsp3) is 0.231. The lowest BCUT2D eigenvalue weighted by molar-refractivity contribution is -0.133. The highest BCUT2D eigenvalue weighted by Crippen LogP contribution is 2.42. The molecule has 0 aliphatic rings. The molecule has 0 unspecified atom stereocenters. The van der Waals surface area contributed by atoms with E-state index in [1.165, 1.54) is 0 Å². The summed E-state index contributed by atoms with van der Waals surface area (Å²) in [6, 6.07) is 10.3. The van der Waals surface area contributed by atoms with E-state index in [1.54, 1.807) is 36.4 Å². The largest absolute Gasteiger partial charge is 0.426 e. The SMILES string of the molecule is CCc1cc(-c2ccccc2)c(C(F)(F)F)s1. The van der Waals surface area contributed by atoms with E-state index >= 15 is 0 Å². The highest BCUT2D eigenvalue weighted by molar-refractivity contribution is 7.12. The molecule has 0 aliphatic carbocycles. The van der Waals surface area contributed by atoms with Gasteiger partial charge in [0.15, 0.2) is 0 Å². The number of alkyl halides is 3. The zero-order valence-corrected chi connectivity index (χ0v) is 10.0. The van der Waals surface area contributed by atoms with E-state index in [2.05, 4.69) is 0 Å². The summed E-state index contributed by atoms with van der Waals surface area (Å²) < 4.78 is 38.7. The summed E-state index contributed by atoms with van der Waals surface area (Å²) in [5.41, 5.74) is 0.913. The molecule has 2 rings (SSSR count). The van der Waals surface area contributed by atoms with Crippen LogP contribution in [0.15, 0.2) is 36.4 Å². The van der Waals surface area contributed by atoms with Crippen molar-refractivity contribution in [3.8, 4) is 11.1 Å². The maximum Gasteiger partial charge on any atom is 0.426 e. The van der Waals surface area contributed by atoms with Gasteiger partial charge in [0.25, 0.3) is 0 Å². The molecule has 0 amide bonds. The van der Waals surface area contributed by atoms with Gasteiger partial charge in [-0.1, -0.05) is 37.3 Å². The van der Waals surface area contributed by atoms with Crippen molar-refractivity contribution < 1.29 is 13.2 Å². The molecule has 0 radical (unpaired) electrons. The minimum atomic E-state index is -4.27. The van der Waals surface area contributed by atoms with E-state index in [4.69, 9.17) is 0 Å². The van der Waals surface area contributed by atoms with Crippen LogP contribution in [0.1, 0.15) is 16.7 Å². The number of aryl methyl sites for hydroxylation is 1. The van der Waals surface area contributed by atoms with E-state index in [1.807, 2.05) is 6.92 Å². The molecule has 0 spiro atoms. The van der Waals surface area contributed by atoms with Crippen molar-refractivity contribution in [2.24, 2.45) is 0 Å². The van der Waals surface area contributed by atoms with Gasteiger partial charge in [0.1, 0.15) is 4.88 Å². The van der Waals surface area contributed by atoms with Crippen LogP contribution in [0.2, 0.25) is 0 Å². The Morgan fingerprint density at radius 3 is 2.29 bits per heavy atom. The van der Waals surface area contributed by atoms with Gasteiger partial charge >= 0.3 is 6.18 Å². The Labute approximate surface area is 102 Å². The lowest BCUT2D eigenvalue weighted by Gasteiger charge is -2.07. The Hall–Kier alpha value is -1.29. The van der Waals surface area contributed by atoms with Crippen LogP contribution in [0, 0.1) is 0 Å². The van der Waals surface area contributed by atoms with Gasteiger partial charge in [-0.2, -0.15) is 13.2 Å². The fourth-order valence-electron chi connectivity index (χ4n) is 1.66. The minimum absolute atomic E-state index is 0.292. The third-order valence-corrected chi connectivity index (χ3v) is 3.80. The monoisotopic (exact) mass is 256 g/mol. The van der Waals surface area contributed by atoms with Gasteiger partial charge in [0, 0.05) is 10.4 Å². The Kier molecular flexibility index (Phi) is 3.24. The normalized spacial score (nSPS) is 11.8. The summed E-state index contributed by atoms with van der Waals surface area (Å²) >= 11 is 0.836. The van der Waals surface area contributed by atoms with Crippen LogP contribution in [-0.4, -0.2) is 0 Å². The van der Waals surface area contributed by atoms with Gasteiger partial charge in [0.05, 0.1) is 0 Å². The number of halogens is 3. The summed E-state index contributed by atoms with van der Waals surface area (Å²) in [7, 11) is 0. The Morgan fingerprint density at radius 1 is 1.12 bits per heavy atom.